The molecule has 2 N–H and O–H groups in total. The van der Waals surface area contributed by atoms with Crippen LogP contribution in [0.4, 0.5) is 5.69 Å². The van der Waals surface area contributed by atoms with Gasteiger partial charge in [-0.05, 0) is 50.8 Å². The molecular formula is C15H25N3O. The van der Waals surface area contributed by atoms with Crippen molar-refractivity contribution in [3.8, 4) is 0 Å². The number of likely N-dealkylation sites (tertiary alicyclic amines) is 1. The fourth-order valence-corrected chi connectivity index (χ4v) is 2.82. The SMILES string of the molecule is CCNc1ccnc(CN2CCCC(CCO)C2)c1. The molecule has 0 spiro atoms. The molecule has 1 aliphatic heterocycles. The second-order valence-corrected chi connectivity index (χ2v) is 5.32. The molecule has 4 heteroatoms. The topological polar surface area (TPSA) is 48.4 Å². The quantitative estimate of drug-likeness (QED) is 0.825. The molecule has 0 amide bonds. The summed E-state index contributed by atoms with van der Waals surface area (Å²) in [6.45, 7) is 6.51. The molecule has 1 aromatic heterocycles. The Morgan fingerprint density at radius 3 is 3.21 bits per heavy atom. The number of aliphatic hydroxyl groups excluding tert-OH is 1. The summed E-state index contributed by atoms with van der Waals surface area (Å²) >= 11 is 0. The van der Waals surface area contributed by atoms with Gasteiger partial charge in [-0.1, -0.05) is 0 Å². The second kappa shape index (κ2) is 7.46. The van der Waals surface area contributed by atoms with E-state index in [0.29, 0.717) is 12.5 Å². The van der Waals surface area contributed by atoms with Crippen LogP contribution in [0.5, 0.6) is 0 Å². The van der Waals surface area contributed by atoms with E-state index in [1.807, 2.05) is 12.3 Å². The van der Waals surface area contributed by atoms with Crippen molar-refractivity contribution in [3.63, 3.8) is 0 Å². The zero-order chi connectivity index (χ0) is 13.5. The van der Waals surface area contributed by atoms with Crippen LogP contribution in [-0.4, -0.2) is 41.2 Å². The van der Waals surface area contributed by atoms with Gasteiger partial charge < -0.3 is 10.4 Å². The number of pyridine rings is 1. The molecule has 0 aromatic carbocycles. The fourth-order valence-electron chi connectivity index (χ4n) is 2.82. The molecule has 0 aliphatic carbocycles. The van der Waals surface area contributed by atoms with E-state index in [-0.39, 0.29) is 0 Å². The molecule has 4 nitrogen and oxygen atoms in total. The van der Waals surface area contributed by atoms with Gasteiger partial charge in [0.15, 0.2) is 0 Å². The van der Waals surface area contributed by atoms with Crippen LogP contribution in [0.25, 0.3) is 0 Å². The smallest absolute Gasteiger partial charge is 0.0564 e. The van der Waals surface area contributed by atoms with Crippen molar-refractivity contribution in [2.75, 3.05) is 31.6 Å². The molecule has 1 atom stereocenters. The van der Waals surface area contributed by atoms with E-state index in [0.717, 1.165) is 44.0 Å². The zero-order valence-electron chi connectivity index (χ0n) is 11.8. The Morgan fingerprint density at radius 1 is 1.53 bits per heavy atom. The van der Waals surface area contributed by atoms with Gasteiger partial charge in [0.2, 0.25) is 0 Å². The molecule has 0 bridgehead atoms. The number of nitrogens with zero attached hydrogens (tertiary/aromatic N) is 2. The van der Waals surface area contributed by atoms with Gasteiger partial charge in [0.25, 0.3) is 0 Å². The summed E-state index contributed by atoms with van der Waals surface area (Å²) in [5.74, 6) is 0.649. The van der Waals surface area contributed by atoms with Crippen molar-refractivity contribution < 1.29 is 5.11 Å². The Kier molecular flexibility index (Phi) is 5.61. The van der Waals surface area contributed by atoms with Crippen molar-refractivity contribution in [2.45, 2.75) is 32.7 Å². The van der Waals surface area contributed by atoms with Crippen molar-refractivity contribution in [1.82, 2.24) is 9.88 Å². The highest BCUT2D eigenvalue weighted by molar-refractivity contribution is 5.42. The zero-order valence-corrected chi connectivity index (χ0v) is 11.8. The average Bonchev–Trinajstić information content (AvgIpc) is 2.40. The van der Waals surface area contributed by atoms with E-state index in [1.54, 1.807) is 0 Å². The fraction of sp³-hybridized carbons (Fsp3) is 0.667. The normalized spacial score (nSPS) is 20.4. The number of rotatable bonds is 6. The highest BCUT2D eigenvalue weighted by atomic mass is 16.3. The first-order chi connectivity index (χ1) is 9.31. The molecule has 106 valence electrons. The van der Waals surface area contributed by atoms with Gasteiger partial charge in [-0.2, -0.15) is 0 Å². The molecule has 1 fully saturated rings. The number of aliphatic hydroxyl groups is 1. The van der Waals surface area contributed by atoms with E-state index in [4.69, 9.17) is 5.11 Å². The minimum absolute atomic E-state index is 0.312. The van der Waals surface area contributed by atoms with E-state index >= 15 is 0 Å². The molecule has 19 heavy (non-hydrogen) atoms. The van der Waals surface area contributed by atoms with Gasteiger partial charge in [-0.25, -0.2) is 0 Å². The Balaban J connectivity index is 1.90. The molecule has 0 saturated carbocycles. The summed E-state index contributed by atoms with van der Waals surface area (Å²) in [5.41, 5.74) is 2.28. The molecule has 1 aliphatic rings. The first kappa shape index (κ1) is 14.3. The van der Waals surface area contributed by atoms with Crippen LogP contribution in [0.15, 0.2) is 18.3 Å². The van der Waals surface area contributed by atoms with Crippen molar-refractivity contribution in [2.24, 2.45) is 5.92 Å². The van der Waals surface area contributed by atoms with Crippen LogP contribution in [0.1, 0.15) is 31.9 Å². The van der Waals surface area contributed by atoms with Gasteiger partial charge in [-0.15, -0.1) is 0 Å². The lowest BCUT2D eigenvalue weighted by molar-refractivity contribution is 0.141. The number of aromatic nitrogens is 1. The van der Waals surface area contributed by atoms with Crippen molar-refractivity contribution in [1.29, 1.82) is 0 Å². The van der Waals surface area contributed by atoms with E-state index in [1.165, 1.54) is 12.8 Å². The minimum Gasteiger partial charge on any atom is -0.396 e. The van der Waals surface area contributed by atoms with Crippen LogP contribution in [0.3, 0.4) is 0 Å². The van der Waals surface area contributed by atoms with Gasteiger partial charge in [-0.3, -0.25) is 9.88 Å². The third-order valence-electron chi connectivity index (χ3n) is 3.72. The third-order valence-corrected chi connectivity index (χ3v) is 3.72. The maximum atomic E-state index is 9.05. The molecule has 2 heterocycles. The Morgan fingerprint density at radius 2 is 2.42 bits per heavy atom. The monoisotopic (exact) mass is 263 g/mol. The molecule has 1 aromatic rings. The summed E-state index contributed by atoms with van der Waals surface area (Å²) in [4.78, 5) is 6.92. The maximum Gasteiger partial charge on any atom is 0.0564 e. The Bertz CT molecular complexity index is 381. The van der Waals surface area contributed by atoms with Crippen LogP contribution < -0.4 is 5.32 Å². The average molecular weight is 263 g/mol. The number of hydrogen-bond acceptors (Lipinski definition) is 4. The first-order valence-corrected chi connectivity index (χ1v) is 7.34. The number of piperidine rings is 1. The van der Waals surface area contributed by atoms with Gasteiger partial charge in [0.1, 0.15) is 0 Å². The van der Waals surface area contributed by atoms with Crippen LogP contribution in [-0.2, 0) is 6.54 Å². The number of hydrogen-bond donors (Lipinski definition) is 2. The largest absolute Gasteiger partial charge is 0.396 e. The van der Waals surface area contributed by atoms with Crippen LogP contribution in [0, 0.1) is 5.92 Å². The van der Waals surface area contributed by atoms with Gasteiger partial charge >= 0.3 is 0 Å². The van der Waals surface area contributed by atoms with Gasteiger partial charge in [0, 0.05) is 38.1 Å². The standard InChI is InChI=1S/C15H25N3O/c1-2-16-14-5-7-17-15(10-14)12-18-8-3-4-13(11-18)6-9-19/h5,7,10,13,19H,2-4,6,8-9,11-12H2,1H3,(H,16,17). The highest BCUT2D eigenvalue weighted by Crippen LogP contribution is 2.21. The predicted molar refractivity (Wildman–Crippen MR) is 78.1 cm³/mol. The summed E-state index contributed by atoms with van der Waals surface area (Å²) < 4.78 is 0. The minimum atomic E-state index is 0.312. The van der Waals surface area contributed by atoms with E-state index in [9.17, 15) is 0 Å². The van der Waals surface area contributed by atoms with Crippen LogP contribution in [0.2, 0.25) is 0 Å². The summed E-state index contributed by atoms with van der Waals surface area (Å²) in [5, 5.41) is 12.4. The van der Waals surface area contributed by atoms with Crippen LogP contribution >= 0.6 is 0 Å². The lowest BCUT2D eigenvalue weighted by Crippen LogP contribution is -2.35. The van der Waals surface area contributed by atoms with Crippen molar-refractivity contribution in [3.05, 3.63) is 24.0 Å². The predicted octanol–water partition coefficient (Wildman–Crippen LogP) is 2.11. The number of nitrogens with one attached hydrogen (secondary N) is 1. The third kappa shape index (κ3) is 4.48. The molecule has 1 saturated heterocycles. The van der Waals surface area contributed by atoms with Crippen molar-refractivity contribution >= 4 is 5.69 Å². The Labute approximate surface area is 115 Å². The lowest BCUT2D eigenvalue weighted by atomic mass is 9.95. The molecule has 0 radical (unpaired) electrons. The molecule has 1 unspecified atom stereocenters. The second-order valence-electron chi connectivity index (χ2n) is 5.32. The van der Waals surface area contributed by atoms with E-state index in [2.05, 4.69) is 28.2 Å². The Hall–Kier alpha value is -1.13. The highest BCUT2D eigenvalue weighted by Gasteiger charge is 2.19. The number of anilines is 1. The first-order valence-electron chi connectivity index (χ1n) is 7.34. The summed E-state index contributed by atoms with van der Waals surface area (Å²) in [7, 11) is 0. The maximum absolute atomic E-state index is 9.05. The lowest BCUT2D eigenvalue weighted by Gasteiger charge is -2.32. The molecule has 2 rings (SSSR count). The molecular weight excluding hydrogens is 238 g/mol. The van der Waals surface area contributed by atoms with Gasteiger partial charge in [0.05, 0.1) is 5.69 Å². The summed E-state index contributed by atoms with van der Waals surface area (Å²) in [6, 6.07) is 4.15. The van der Waals surface area contributed by atoms with E-state index < -0.39 is 0 Å². The summed E-state index contributed by atoms with van der Waals surface area (Å²) in [6.07, 6.45) is 5.29.